The third-order valence-corrected chi connectivity index (χ3v) is 4.68. The maximum Gasteiger partial charge on any atom is 0.294 e. The Morgan fingerprint density at radius 3 is 2.53 bits per heavy atom. The van der Waals surface area contributed by atoms with Gasteiger partial charge in [-0.3, -0.25) is 4.79 Å². The lowest BCUT2D eigenvalue weighted by Crippen LogP contribution is -2.19. The predicted octanol–water partition coefficient (Wildman–Crippen LogP) is 2.46. The minimum Gasteiger partial charge on any atom is -0.497 e. The number of anilines is 1. The molecule has 12 heteroatoms. The molecule has 174 valence electrons. The molecule has 2 aromatic carbocycles. The first-order valence-corrected chi connectivity index (χ1v) is 10.4. The van der Waals surface area contributed by atoms with E-state index in [4.69, 9.17) is 15.2 Å². The monoisotopic (exact) mass is 462 g/mol. The third-order valence-electron chi connectivity index (χ3n) is 4.68. The Kier molecular flexibility index (Phi) is 6.77. The molecule has 1 amide bonds. The zero-order valence-corrected chi connectivity index (χ0v) is 18.5. The van der Waals surface area contributed by atoms with Crippen molar-refractivity contribution >= 4 is 17.9 Å². The van der Waals surface area contributed by atoms with Crippen molar-refractivity contribution in [1.82, 2.24) is 30.7 Å². The Morgan fingerprint density at radius 1 is 1.15 bits per heavy atom. The minimum absolute atomic E-state index is 0.00136. The molecule has 4 aromatic rings. The van der Waals surface area contributed by atoms with E-state index < -0.39 is 5.91 Å². The lowest BCUT2D eigenvalue weighted by molar-refractivity contribution is 0.0950. The second-order valence-corrected chi connectivity index (χ2v) is 7.02. The quantitative estimate of drug-likeness (QED) is 0.282. The van der Waals surface area contributed by atoms with Gasteiger partial charge in [0.1, 0.15) is 17.2 Å². The van der Waals surface area contributed by atoms with Gasteiger partial charge in [0.05, 0.1) is 19.9 Å². The van der Waals surface area contributed by atoms with Crippen LogP contribution in [0.2, 0.25) is 0 Å². The lowest BCUT2D eigenvalue weighted by Gasteiger charge is -2.08. The zero-order chi connectivity index (χ0) is 23.9. The molecule has 0 saturated heterocycles. The van der Waals surface area contributed by atoms with Gasteiger partial charge < -0.3 is 15.2 Å². The van der Waals surface area contributed by atoms with Crippen LogP contribution in [-0.4, -0.2) is 51.1 Å². The summed E-state index contributed by atoms with van der Waals surface area (Å²) in [5, 5.41) is 19.4. The number of hydrazone groups is 1. The summed E-state index contributed by atoms with van der Waals surface area (Å²) in [5.74, 6) is 0.943. The van der Waals surface area contributed by atoms with Crippen molar-refractivity contribution in [2.75, 3.05) is 19.5 Å². The summed E-state index contributed by atoms with van der Waals surface area (Å²) in [7, 11) is 1.59. The highest BCUT2D eigenvalue weighted by molar-refractivity contribution is 5.98. The van der Waals surface area contributed by atoms with Crippen LogP contribution in [0.15, 0.2) is 58.3 Å². The lowest BCUT2D eigenvalue weighted by atomic mass is 10.1. The molecule has 0 bridgehead atoms. The predicted molar refractivity (Wildman–Crippen MR) is 123 cm³/mol. The number of carbonyl (C=O) groups excluding carboxylic acids is 1. The Hall–Kier alpha value is -4.74. The minimum atomic E-state index is -0.577. The number of aromatic nitrogens is 5. The average molecular weight is 462 g/mol. The molecule has 34 heavy (non-hydrogen) atoms. The molecule has 0 atom stereocenters. The Morgan fingerprint density at radius 2 is 1.88 bits per heavy atom. The molecule has 0 aliphatic rings. The molecule has 3 N–H and O–H groups in total. The summed E-state index contributed by atoms with van der Waals surface area (Å²) in [6.45, 7) is 2.62. The van der Waals surface area contributed by atoms with Gasteiger partial charge >= 0.3 is 0 Å². The Balaban J connectivity index is 1.62. The van der Waals surface area contributed by atoms with Gasteiger partial charge in [0.15, 0.2) is 5.69 Å². The molecule has 0 unspecified atom stereocenters. The first kappa shape index (κ1) is 22.5. The number of ether oxygens (including phenoxy) is 2. The van der Waals surface area contributed by atoms with E-state index >= 15 is 0 Å². The summed E-state index contributed by atoms with van der Waals surface area (Å²) < 4.78 is 16.7. The summed E-state index contributed by atoms with van der Waals surface area (Å²) in [6.07, 6.45) is 2.39. The highest BCUT2D eigenvalue weighted by Crippen LogP contribution is 2.28. The molecule has 0 radical (unpaired) electrons. The molecule has 0 aliphatic carbocycles. The number of benzene rings is 2. The number of carbonyl (C=O) groups is 1. The highest BCUT2D eigenvalue weighted by atomic mass is 16.6. The van der Waals surface area contributed by atoms with Gasteiger partial charge in [-0.15, -0.1) is 5.10 Å². The number of rotatable bonds is 9. The molecule has 4 rings (SSSR count). The van der Waals surface area contributed by atoms with Crippen molar-refractivity contribution in [2.45, 2.75) is 13.3 Å². The van der Waals surface area contributed by atoms with E-state index in [1.807, 2.05) is 6.92 Å². The van der Waals surface area contributed by atoms with Gasteiger partial charge in [0.25, 0.3) is 5.91 Å². The van der Waals surface area contributed by atoms with Crippen molar-refractivity contribution in [3.8, 4) is 28.6 Å². The van der Waals surface area contributed by atoms with E-state index in [9.17, 15) is 4.79 Å². The van der Waals surface area contributed by atoms with Crippen molar-refractivity contribution in [2.24, 2.45) is 5.10 Å². The third kappa shape index (κ3) is 4.85. The van der Waals surface area contributed by atoms with Crippen LogP contribution in [0.3, 0.4) is 0 Å². The Bertz CT molecular complexity index is 1280. The van der Waals surface area contributed by atoms with Crippen LogP contribution in [0.1, 0.15) is 29.4 Å². The highest BCUT2D eigenvalue weighted by Gasteiger charge is 2.25. The second kappa shape index (κ2) is 10.3. The van der Waals surface area contributed by atoms with Gasteiger partial charge in [-0.25, -0.2) is 10.1 Å². The number of nitrogens with one attached hydrogen (secondary N) is 1. The normalized spacial score (nSPS) is 11.0. The number of amides is 1. The molecule has 12 nitrogen and oxygen atoms in total. The van der Waals surface area contributed by atoms with Crippen molar-refractivity contribution in [3.63, 3.8) is 0 Å². The second-order valence-electron chi connectivity index (χ2n) is 7.02. The van der Waals surface area contributed by atoms with Crippen LogP contribution in [0, 0.1) is 0 Å². The molecule has 0 spiro atoms. The number of hydrogen-bond donors (Lipinski definition) is 2. The van der Waals surface area contributed by atoms with Crippen molar-refractivity contribution < 1.29 is 18.9 Å². The first-order valence-electron chi connectivity index (χ1n) is 10.4. The molecule has 0 saturated carbocycles. The van der Waals surface area contributed by atoms with E-state index in [1.165, 1.54) is 10.9 Å². The van der Waals surface area contributed by atoms with Crippen LogP contribution in [-0.2, 0) is 0 Å². The number of nitrogens with zero attached hydrogens (tertiary/aromatic N) is 6. The smallest absolute Gasteiger partial charge is 0.294 e. The first-order chi connectivity index (χ1) is 16.6. The average Bonchev–Trinajstić information content (AvgIpc) is 3.49. The zero-order valence-electron chi connectivity index (χ0n) is 18.5. The summed E-state index contributed by atoms with van der Waals surface area (Å²) in [5.41, 5.74) is 10.1. The van der Waals surface area contributed by atoms with E-state index in [0.29, 0.717) is 23.6 Å². The summed E-state index contributed by atoms with van der Waals surface area (Å²) in [6, 6.07) is 14.3. The van der Waals surface area contributed by atoms with E-state index in [-0.39, 0.29) is 17.3 Å². The van der Waals surface area contributed by atoms with Crippen molar-refractivity contribution in [1.29, 1.82) is 0 Å². The van der Waals surface area contributed by atoms with Crippen LogP contribution < -0.4 is 20.6 Å². The number of methoxy groups -OCH3 is 1. The molecule has 2 aromatic heterocycles. The maximum absolute atomic E-state index is 12.9. The van der Waals surface area contributed by atoms with Gasteiger partial charge in [-0.1, -0.05) is 12.1 Å². The largest absolute Gasteiger partial charge is 0.497 e. The van der Waals surface area contributed by atoms with Gasteiger partial charge in [-0.2, -0.15) is 9.78 Å². The van der Waals surface area contributed by atoms with E-state index in [0.717, 1.165) is 17.7 Å². The van der Waals surface area contributed by atoms with Crippen LogP contribution in [0.25, 0.3) is 17.1 Å². The standard InChI is InChI=1S/C22H22N8O4/c1-3-12-33-17-10-6-15(7-11-17)19-18(25-29-30(19)21-20(23)27-34-28-21)22(31)26-24-13-14-4-8-16(32-2)9-5-14/h4-11,13H,3,12H2,1-2H3,(H2,23,27)(H,26,31)/b24-13-. The van der Waals surface area contributed by atoms with Crippen LogP contribution in [0.4, 0.5) is 5.82 Å². The van der Waals surface area contributed by atoms with Gasteiger partial charge in [0.2, 0.25) is 11.6 Å². The number of hydrogen-bond acceptors (Lipinski definition) is 10. The SMILES string of the molecule is CCCOc1ccc(-c2c(C(=O)N/N=C\c3ccc(OC)cc3)nnn2-c2nonc2N)cc1. The fraction of sp³-hybridized carbons (Fsp3) is 0.182. The fourth-order valence-corrected chi connectivity index (χ4v) is 3.02. The van der Waals surface area contributed by atoms with Crippen LogP contribution in [0.5, 0.6) is 11.5 Å². The fourth-order valence-electron chi connectivity index (χ4n) is 3.02. The maximum atomic E-state index is 12.9. The number of nitrogens with two attached hydrogens (primary N) is 1. The van der Waals surface area contributed by atoms with E-state index in [1.54, 1.807) is 55.6 Å². The van der Waals surface area contributed by atoms with Gasteiger partial charge in [-0.05, 0) is 70.8 Å². The topological polar surface area (TPSA) is 156 Å². The molecule has 0 fully saturated rings. The van der Waals surface area contributed by atoms with Crippen molar-refractivity contribution in [3.05, 3.63) is 59.8 Å². The molecular formula is C22H22N8O4. The molecule has 0 aliphatic heterocycles. The Labute approximate surface area is 194 Å². The summed E-state index contributed by atoms with van der Waals surface area (Å²) >= 11 is 0. The van der Waals surface area contributed by atoms with E-state index in [2.05, 4.69) is 35.8 Å². The van der Waals surface area contributed by atoms with Gasteiger partial charge in [0, 0.05) is 5.56 Å². The number of nitrogen functional groups attached to an aromatic ring is 1. The molecule has 2 heterocycles. The summed E-state index contributed by atoms with van der Waals surface area (Å²) in [4.78, 5) is 12.9. The molecular weight excluding hydrogens is 440 g/mol. The van der Waals surface area contributed by atoms with Crippen LogP contribution >= 0.6 is 0 Å².